The molecule has 8 heteroatoms. The van der Waals surface area contributed by atoms with Gasteiger partial charge in [0.05, 0.1) is 13.2 Å². The van der Waals surface area contributed by atoms with Gasteiger partial charge >= 0.3 is 0 Å². The SMILES string of the molecule is CN=C(NCCCOCC1CCOC1)NCc1ccccc1OCCN(C)C.I. The van der Waals surface area contributed by atoms with E-state index in [1.807, 2.05) is 32.3 Å². The van der Waals surface area contributed by atoms with Crippen LogP contribution in [0.4, 0.5) is 0 Å². The number of hydrogen-bond donors (Lipinski definition) is 2. The van der Waals surface area contributed by atoms with Crippen LogP contribution in [0.2, 0.25) is 0 Å². The molecule has 1 unspecified atom stereocenters. The summed E-state index contributed by atoms with van der Waals surface area (Å²) >= 11 is 0. The minimum atomic E-state index is 0. The number of rotatable bonds is 12. The van der Waals surface area contributed by atoms with E-state index in [0.717, 1.165) is 69.6 Å². The second kappa shape index (κ2) is 15.7. The van der Waals surface area contributed by atoms with E-state index in [2.05, 4.69) is 26.6 Å². The van der Waals surface area contributed by atoms with Crippen molar-refractivity contribution in [3.05, 3.63) is 29.8 Å². The molecule has 2 N–H and O–H groups in total. The Hall–Kier alpha value is -1.10. The van der Waals surface area contributed by atoms with Gasteiger partial charge in [-0.2, -0.15) is 0 Å². The summed E-state index contributed by atoms with van der Waals surface area (Å²) in [5.41, 5.74) is 1.12. The molecule has 1 aromatic carbocycles. The minimum Gasteiger partial charge on any atom is -0.492 e. The number of nitrogens with zero attached hydrogens (tertiary/aromatic N) is 2. The molecular formula is C21H37IN4O3. The molecule has 1 aliphatic rings. The normalized spacial score (nSPS) is 16.6. The maximum absolute atomic E-state index is 5.91. The molecule has 0 spiro atoms. The molecule has 1 heterocycles. The molecule has 1 aliphatic heterocycles. The number of benzene rings is 1. The van der Waals surface area contributed by atoms with E-state index in [1.54, 1.807) is 7.05 Å². The van der Waals surface area contributed by atoms with Gasteiger partial charge in [-0.25, -0.2) is 0 Å². The van der Waals surface area contributed by atoms with Gasteiger partial charge in [0.1, 0.15) is 12.4 Å². The summed E-state index contributed by atoms with van der Waals surface area (Å²) in [7, 11) is 5.87. The van der Waals surface area contributed by atoms with E-state index >= 15 is 0 Å². The summed E-state index contributed by atoms with van der Waals surface area (Å²) in [5, 5.41) is 6.68. The highest BCUT2D eigenvalue weighted by Gasteiger charge is 2.15. The Morgan fingerprint density at radius 3 is 2.79 bits per heavy atom. The van der Waals surface area contributed by atoms with Crippen molar-refractivity contribution in [1.29, 1.82) is 0 Å². The molecule has 166 valence electrons. The Morgan fingerprint density at radius 2 is 2.07 bits per heavy atom. The lowest BCUT2D eigenvalue weighted by Gasteiger charge is -2.16. The average Bonchev–Trinajstić information content (AvgIpc) is 3.21. The van der Waals surface area contributed by atoms with Crippen molar-refractivity contribution in [2.24, 2.45) is 10.9 Å². The highest BCUT2D eigenvalue weighted by molar-refractivity contribution is 14.0. The van der Waals surface area contributed by atoms with Crippen molar-refractivity contribution in [3.8, 4) is 5.75 Å². The summed E-state index contributed by atoms with van der Waals surface area (Å²) in [6, 6.07) is 8.11. The van der Waals surface area contributed by atoms with Crippen LogP contribution in [-0.4, -0.2) is 78.1 Å². The summed E-state index contributed by atoms with van der Waals surface area (Å²) in [6.07, 6.45) is 2.06. The predicted molar refractivity (Wildman–Crippen MR) is 128 cm³/mol. The van der Waals surface area contributed by atoms with Gasteiger partial charge in [-0.1, -0.05) is 18.2 Å². The molecule has 29 heavy (non-hydrogen) atoms. The van der Waals surface area contributed by atoms with Crippen molar-refractivity contribution in [3.63, 3.8) is 0 Å². The number of guanidine groups is 1. The molecule has 0 radical (unpaired) electrons. The maximum atomic E-state index is 5.91. The number of likely N-dealkylation sites (N-methyl/N-ethyl adjacent to an activating group) is 1. The molecule has 0 aromatic heterocycles. The zero-order valence-corrected chi connectivity index (χ0v) is 20.3. The smallest absolute Gasteiger partial charge is 0.191 e. The largest absolute Gasteiger partial charge is 0.492 e. The molecule has 1 aromatic rings. The van der Waals surface area contributed by atoms with Crippen molar-refractivity contribution in [1.82, 2.24) is 15.5 Å². The number of halogens is 1. The number of para-hydroxylation sites is 1. The monoisotopic (exact) mass is 520 g/mol. The topological polar surface area (TPSA) is 67.4 Å². The fourth-order valence-electron chi connectivity index (χ4n) is 2.87. The first-order chi connectivity index (χ1) is 13.7. The molecule has 0 amide bonds. The first kappa shape index (κ1) is 25.9. The van der Waals surface area contributed by atoms with E-state index in [9.17, 15) is 0 Å². The third-order valence-electron chi connectivity index (χ3n) is 4.57. The zero-order chi connectivity index (χ0) is 20.0. The highest BCUT2D eigenvalue weighted by atomic mass is 127. The Balaban J connectivity index is 0.00000420. The quantitative estimate of drug-likeness (QED) is 0.191. The third-order valence-corrected chi connectivity index (χ3v) is 4.57. The fraction of sp³-hybridized carbons (Fsp3) is 0.667. The summed E-state index contributed by atoms with van der Waals surface area (Å²) in [5.74, 6) is 2.27. The van der Waals surface area contributed by atoms with Crippen LogP contribution in [0.5, 0.6) is 5.75 Å². The van der Waals surface area contributed by atoms with Crippen LogP contribution in [0.15, 0.2) is 29.3 Å². The van der Waals surface area contributed by atoms with Gasteiger partial charge in [-0.05, 0) is 33.0 Å². The van der Waals surface area contributed by atoms with Crippen LogP contribution >= 0.6 is 24.0 Å². The van der Waals surface area contributed by atoms with Gasteiger partial charge in [0.2, 0.25) is 0 Å². The molecular weight excluding hydrogens is 483 g/mol. The van der Waals surface area contributed by atoms with Crippen LogP contribution in [0.25, 0.3) is 0 Å². The first-order valence-electron chi connectivity index (χ1n) is 10.1. The van der Waals surface area contributed by atoms with Gasteiger partial charge in [0.15, 0.2) is 5.96 Å². The van der Waals surface area contributed by atoms with Crippen LogP contribution in [0, 0.1) is 5.92 Å². The number of aliphatic imine (C=N–C) groups is 1. The lowest BCUT2D eigenvalue weighted by atomic mass is 10.1. The molecule has 1 atom stereocenters. The zero-order valence-electron chi connectivity index (χ0n) is 18.0. The van der Waals surface area contributed by atoms with Crippen molar-refractivity contribution < 1.29 is 14.2 Å². The van der Waals surface area contributed by atoms with Gasteiger partial charge in [0.25, 0.3) is 0 Å². The van der Waals surface area contributed by atoms with Gasteiger partial charge in [-0.3, -0.25) is 4.99 Å². The third kappa shape index (κ3) is 11.0. The molecule has 0 bridgehead atoms. The van der Waals surface area contributed by atoms with Gasteiger partial charge < -0.3 is 29.7 Å². The Labute approximate surface area is 192 Å². The molecule has 7 nitrogen and oxygen atoms in total. The Morgan fingerprint density at radius 1 is 1.24 bits per heavy atom. The van der Waals surface area contributed by atoms with Gasteiger partial charge in [0, 0.05) is 51.4 Å². The van der Waals surface area contributed by atoms with E-state index in [4.69, 9.17) is 14.2 Å². The average molecular weight is 520 g/mol. The minimum absolute atomic E-state index is 0. The van der Waals surface area contributed by atoms with E-state index in [1.165, 1.54) is 0 Å². The number of hydrogen-bond acceptors (Lipinski definition) is 5. The van der Waals surface area contributed by atoms with Crippen molar-refractivity contribution in [2.45, 2.75) is 19.4 Å². The highest BCUT2D eigenvalue weighted by Crippen LogP contribution is 2.17. The second-order valence-electron chi connectivity index (χ2n) is 7.27. The molecule has 2 rings (SSSR count). The van der Waals surface area contributed by atoms with Crippen molar-refractivity contribution in [2.75, 3.05) is 67.3 Å². The molecule has 0 saturated carbocycles. The van der Waals surface area contributed by atoms with Crippen molar-refractivity contribution >= 4 is 29.9 Å². The number of nitrogens with one attached hydrogen (secondary N) is 2. The lowest BCUT2D eigenvalue weighted by molar-refractivity contribution is 0.0888. The fourth-order valence-corrected chi connectivity index (χ4v) is 2.87. The lowest BCUT2D eigenvalue weighted by Crippen LogP contribution is -2.37. The van der Waals surface area contributed by atoms with Crippen LogP contribution in [-0.2, 0) is 16.0 Å². The van der Waals surface area contributed by atoms with E-state index in [0.29, 0.717) is 19.1 Å². The molecule has 1 fully saturated rings. The number of ether oxygens (including phenoxy) is 3. The predicted octanol–water partition coefficient (Wildman–Crippen LogP) is 2.35. The second-order valence-corrected chi connectivity index (χ2v) is 7.27. The van der Waals surface area contributed by atoms with E-state index < -0.39 is 0 Å². The van der Waals surface area contributed by atoms with Crippen LogP contribution < -0.4 is 15.4 Å². The van der Waals surface area contributed by atoms with Gasteiger partial charge in [-0.15, -0.1) is 24.0 Å². The van der Waals surface area contributed by atoms with Crippen LogP contribution in [0.1, 0.15) is 18.4 Å². The summed E-state index contributed by atoms with van der Waals surface area (Å²) in [4.78, 5) is 6.40. The summed E-state index contributed by atoms with van der Waals surface area (Å²) < 4.78 is 17.0. The molecule has 0 aliphatic carbocycles. The standard InChI is InChI=1S/C21H36N4O3.HI/c1-22-21(23-10-6-12-26-16-18-9-13-27-17-18)24-15-19-7-4-5-8-20(19)28-14-11-25(2)3;/h4-5,7-8,18H,6,9-17H2,1-3H3,(H2,22,23,24);1H. The first-order valence-corrected chi connectivity index (χ1v) is 10.1. The van der Waals surface area contributed by atoms with E-state index in [-0.39, 0.29) is 24.0 Å². The summed E-state index contributed by atoms with van der Waals surface area (Å²) in [6.45, 7) is 6.32. The maximum Gasteiger partial charge on any atom is 0.191 e. The Bertz CT molecular complexity index is 581. The van der Waals surface area contributed by atoms with Crippen LogP contribution in [0.3, 0.4) is 0 Å². The Kier molecular flexibility index (Phi) is 14.0. The molecule has 1 saturated heterocycles.